The first kappa shape index (κ1) is 11.7. The first-order valence-electron chi connectivity index (χ1n) is 5.65. The number of nitrogens with zero attached hydrogens (tertiary/aromatic N) is 3. The standard InChI is InChI=1S/C12H15FN4/c1-2-5-14-7-10-3-4-12(11(13)6-10)17-9-15-8-16-17/h3-4,6,8-9,14H,2,5,7H2,1H3. The Hall–Kier alpha value is -1.75. The lowest BCUT2D eigenvalue weighted by molar-refractivity contribution is 0.603. The van der Waals surface area contributed by atoms with Gasteiger partial charge in [0.15, 0.2) is 0 Å². The third kappa shape index (κ3) is 2.88. The molecule has 0 aliphatic heterocycles. The van der Waals surface area contributed by atoms with Crippen LogP contribution in [0.4, 0.5) is 4.39 Å². The first-order valence-corrected chi connectivity index (χ1v) is 5.65. The smallest absolute Gasteiger partial charge is 0.149 e. The number of rotatable bonds is 5. The minimum absolute atomic E-state index is 0.286. The first-order chi connectivity index (χ1) is 8.31. The lowest BCUT2D eigenvalue weighted by atomic mass is 10.2. The highest BCUT2D eigenvalue weighted by Gasteiger charge is 2.05. The zero-order valence-electron chi connectivity index (χ0n) is 9.73. The van der Waals surface area contributed by atoms with E-state index in [2.05, 4.69) is 22.3 Å². The third-order valence-corrected chi connectivity index (χ3v) is 2.43. The van der Waals surface area contributed by atoms with Crippen molar-refractivity contribution in [1.82, 2.24) is 20.1 Å². The average molecular weight is 234 g/mol. The summed E-state index contributed by atoms with van der Waals surface area (Å²) in [6.45, 7) is 3.72. The summed E-state index contributed by atoms with van der Waals surface area (Å²) in [6, 6.07) is 5.13. The lowest BCUT2D eigenvalue weighted by Gasteiger charge is -2.06. The second kappa shape index (κ2) is 5.54. The van der Waals surface area contributed by atoms with Crippen molar-refractivity contribution in [3.63, 3.8) is 0 Å². The number of halogens is 1. The molecule has 0 aliphatic rings. The van der Waals surface area contributed by atoms with Crippen molar-refractivity contribution in [2.75, 3.05) is 6.54 Å². The van der Waals surface area contributed by atoms with Gasteiger partial charge >= 0.3 is 0 Å². The Morgan fingerprint density at radius 2 is 2.29 bits per heavy atom. The van der Waals surface area contributed by atoms with E-state index in [0.29, 0.717) is 12.2 Å². The van der Waals surface area contributed by atoms with E-state index in [4.69, 9.17) is 0 Å². The van der Waals surface area contributed by atoms with Gasteiger partial charge in [0.1, 0.15) is 24.2 Å². The van der Waals surface area contributed by atoms with E-state index >= 15 is 0 Å². The summed E-state index contributed by atoms with van der Waals surface area (Å²) in [6.07, 6.45) is 3.93. The maximum absolute atomic E-state index is 13.8. The molecule has 2 aromatic rings. The second-order valence-corrected chi connectivity index (χ2v) is 3.80. The molecule has 17 heavy (non-hydrogen) atoms. The van der Waals surface area contributed by atoms with Crippen molar-refractivity contribution in [1.29, 1.82) is 0 Å². The van der Waals surface area contributed by atoms with E-state index in [0.717, 1.165) is 18.5 Å². The van der Waals surface area contributed by atoms with Crippen LogP contribution in [-0.4, -0.2) is 21.3 Å². The summed E-state index contributed by atoms with van der Waals surface area (Å²) in [5, 5.41) is 7.13. The minimum Gasteiger partial charge on any atom is -0.313 e. The van der Waals surface area contributed by atoms with Gasteiger partial charge in [0.2, 0.25) is 0 Å². The van der Waals surface area contributed by atoms with Crippen molar-refractivity contribution in [2.24, 2.45) is 0 Å². The van der Waals surface area contributed by atoms with Crippen molar-refractivity contribution in [3.05, 3.63) is 42.2 Å². The Labute approximate surface area is 99.5 Å². The number of nitrogens with one attached hydrogen (secondary N) is 1. The average Bonchev–Trinajstić information content (AvgIpc) is 2.83. The predicted octanol–water partition coefficient (Wildman–Crippen LogP) is 1.91. The van der Waals surface area contributed by atoms with Gasteiger partial charge in [0.05, 0.1) is 0 Å². The van der Waals surface area contributed by atoms with Crippen LogP contribution in [0.5, 0.6) is 0 Å². The molecule has 0 spiro atoms. The van der Waals surface area contributed by atoms with Gasteiger partial charge in [0, 0.05) is 6.54 Å². The predicted molar refractivity (Wildman–Crippen MR) is 63.3 cm³/mol. The monoisotopic (exact) mass is 234 g/mol. The summed E-state index contributed by atoms with van der Waals surface area (Å²) < 4.78 is 15.2. The molecule has 1 aromatic heterocycles. The maximum Gasteiger partial charge on any atom is 0.149 e. The van der Waals surface area contributed by atoms with E-state index in [1.165, 1.54) is 23.4 Å². The molecule has 1 aromatic carbocycles. The Morgan fingerprint density at radius 1 is 1.41 bits per heavy atom. The van der Waals surface area contributed by atoms with Gasteiger partial charge in [-0.05, 0) is 30.7 Å². The van der Waals surface area contributed by atoms with Gasteiger partial charge in [-0.15, -0.1) is 0 Å². The molecule has 1 heterocycles. The molecule has 0 saturated carbocycles. The van der Waals surface area contributed by atoms with Crippen molar-refractivity contribution < 1.29 is 4.39 Å². The fourth-order valence-corrected chi connectivity index (χ4v) is 1.59. The van der Waals surface area contributed by atoms with Gasteiger partial charge < -0.3 is 5.32 Å². The molecule has 1 N–H and O–H groups in total. The van der Waals surface area contributed by atoms with Crippen molar-refractivity contribution in [2.45, 2.75) is 19.9 Å². The summed E-state index contributed by atoms with van der Waals surface area (Å²) in [4.78, 5) is 3.80. The molecule has 0 bridgehead atoms. The van der Waals surface area contributed by atoms with Gasteiger partial charge in [-0.1, -0.05) is 13.0 Å². The van der Waals surface area contributed by atoms with E-state index in [1.807, 2.05) is 6.07 Å². The van der Waals surface area contributed by atoms with Crippen LogP contribution in [0.15, 0.2) is 30.9 Å². The minimum atomic E-state index is -0.286. The lowest BCUT2D eigenvalue weighted by Crippen LogP contribution is -2.14. The largest absolute Gasteiger partial charge is 0.313 e. The highest BCUT2D eigenvalue weighted by molar-refractivity contribution is 5.35. The topological polar surface area (TPSA) is 42.7 Å². The van der Waals surface area contributed by atoms with Crippen LogP contribution in [0.3, 0.4) is 0 Å². The molecule has 5 heteroatoms. The highest BCUT2D eigenvalue weighted by atomic mass is 19.1. The fraction of sp³-hybridized carbons (Fsp3) is 0.333. The van der Waals surface area contributed by atoms with Crippen molar-refractivity contribution in [3.8, 4) is 5.69 Å². The van der Waals surface area contributed by atoms with Crippen LogP contribution >= 0.6 is 0 Å². The Bertz CT molecular complexity index is 467. The fourth-order valence-electron chi connectivity index (χ4n) is 1.59. The highest BCUT2D eigenvalue weighted by Crippen LogP contribution is 2.13. The SMILES string of the molecule is CCCNCc1ccc(-n2cncn2)c(F)c1. The Morgan fingerprint density at radius 3 is 2.94 bits per heavy atom. The molecule has 0 fully saturated rings. The quantitative estimate of drug-likeness (QED) is 0.803. The number of hydrogen-bond acceptors (Lipinski definition) is 3. The van der Waals surface area contributed by atoms with Gasteiger partial charge in [-0.25, -0.2) is 14.1 Å². The summed E-state index contributed by atoms with van der Waals surface area (Å²) in [7, 11) is 0. The molecule has 0 atom stereocenters. The van der Waals surface area contributed by atoms with Crippen LogP contribution in [0.25, 0.3) is 5.69 Å². The summed E-state index contributed by atoms with van der Waals surface area (Å²) >= 11 is 0. The van der Waals surface area contributed by atoms with E-state index < -0.39 is 0 Å². The van der Waals surface area contributed by atoms with Crippen molar-refractivity contribution >= 4 is 0 Å². The molecule has 2 rings (SSSR count). The molecule has 0 radical (unpaired) electrons. The van der Waals surface area contributed by atoms with Crippen LogP contribution in [0, 0.1) is 5.82 Å². The van der Waals surface area contributed by atoms with Crippen LogP contribution in [-0.2, 0) is 6.54 Å². The molecular weight excluding hydrogens is 219 g/mol. The van der Waals surface area contributed by atoms with Gasteiger partial charge in [-0.2, -0.15) is 5.10 Å². The molecule has 0 saturated heterocycles. The van der Waals surface area contributed by atoms with E-state index in [1.54, 1.807) is 6.07 Å². The van der Waals surface area contributed by atoms with Crippen LogP contribution in [0.2, 0.25) is 0 Å². The summed E-state index contributed by atoms with van der Waals surface area (Å²) in [5.41, 5.74) is 1.35. The normalized spacial score (nSPS) is 10.7. The molecule has 4 nitrogen and oxygen atoms in total. The Kier molecular flexibility index (Phi) is 3.82. The van der Waals surface area contributed by atoms with E-state index in [9.17, 15) is 4.39 Å². The molecular formula is C12H15FN4. The molecule has 0 unspecified atom stereocenters. The van der Waals surface area contributed by atoms with Gasteiger partial charge in [0.25, 0.3) is 0 Å². The number of aromatic nitrogens is 3. The summed E-state index contributed by atoms with van der Waals surface area (Å²) in [5.74, 6) is -0.286. The molecule has 90 valence electrons. The van der Waals surface area contributed by atoms with Gasteiger partial charge in [-0.3, -0.25) is 0 Å². The van der Waals surface area contributed by atoms with Crippen LogP contribution in [0.1, 0.15) is 18.9 Å². The second-order valence-electron chi connectivity index (χ2n) is 3.80. The maximum atomic E-state index is 13.8. The number of benzene rings is 1. The third-order valence-electron chi connectivity index (χ3n) is 2.43. The van der Waals surface area contributed by atoms with E-state index in [-0.39, 0.29) is 5.82 Å². The molecule has 0 aliphatic carbocycles. The zero-order chi connectivity index (χ0) is 12.1. The zero-order valence-corrected chi connectivity index (χ0v) is 9.73. The van der Waals surface area contributed by atoms with Crippen LogP contribution < -0.4 is 5.32 Å². The Balaban J connectivity index is 2.12. The number of hydrogen-bond donors (Lipinski definition) is 1. The molecule has 0 amide bonds.